The Morgan fingerprint density at radius 1 is 0.944 bits per heavy atom. The minimum atomic E-state index is -1.02. The van der Waals surface area contributed by atoms with Gasteiger partial charge >= 0.3 is 5.97 Å². The Hall–Kier alpha value is -2.94. The maximum absolute atomic E-state index is 13.9. The highest BCUT2D eigenvalue weighted by Crippen LogP contribution is 2.25. The van der Waals surface area contributed by atoms with E-state index in [1.807, 2.05) is 30.3 Å². The highest BCUT2D eigenvalue weighted by molar-refractivity contribution is 5.94. The molecule has 1 aromatic rings. The van der Waals surface area contributed by atoms with E-state index >= 15 is 0 Å². The fourth-order valence-corrected chi connectivity index (χ4v) is 5.81. The summed E-state index contributed by atoms with van der Waals surface area (Å²) in [4.78, 5) is 57.4. The van der Waals surface area contributed by atoms with Gasteiger partial charge in [0.2, 0.25) is 17.7 Å². The first-order chi connectivity index (χ1) is 17.4. The summed E-state index contributed by atoms with van der Waals surface area (Å²) < 4.78 is 0. The molecule has 0 bridgehead atoms. The predicted octanol–water partition coefficient (Wildman–Crippen LogP) is 1.65. The molecule has 1 aromatic carbocycles. The van der Waals surface area contributed by atoms with Crippen molar-refractivity contribution in [3.05, 3.63) is 35.9 Å². The number of nitrogens with one attached hydrogen (secondary N) is 1. The Morgan fingerprint density at radius 2 is 1.64 bits per heavy atom. The van der Waals surface area contributed by atoms with Crippen LogP contribution in [0.25, 0.3) is 0 Å². The molecule has 9 heteroatoms. The van der Waals surface area contributed by atoms with Crippen LogP contribution in [0.3, 0.4) is 0 Å². The molecular formula is C27H38N4O5. The van der Waals surface area contributed by atoms with Crippen molar-refractivity contribution in [1.82, 2.24) is 20.0 Å². The third-order valence-corrected chi connectivity index (χ3v) is 7.87. The van der Waals surface area contributed by atoms with E-state index in [1.54, 1.807) is 11.9 Å². The van der Waals surface area contributed by atoms with Crippen molar-refractivity contribution in [2.24, 2.45) is 0 Å². The van der Waals surface area contributed by atoms with E-state index in [2.05, 4.69) is 5.32 Å². The molecule has 4 atom stereocenters. The molecular weight excluding hydrogens is 460 g/mol. The Balaban J connectivity index is 1.57. The lowest BCUT2D eigenvalue weighted by atomic mass is 9.96. The topological polar surface area (TPSA) is 110 Å². The average Bonchev–Trinajstić information content (AvgIpc) is 3.42. The average molecular weight is 499 g/mol. The molecule has 0 aliphatic carbocycles. The van der Waals surface area contributed by atoms with E-state index in [-0.39, 0.29) is 30.2 Å². The highest BCUT2D eigenvalue weighted by Gasteiger charge is 2.43. The van der Waals surface area contributed by atoms with E-state index in [1.165, 1.54) is 9.80 Å². The van der Waals surface area contributed by atoms with Gasteiger partial charge in [-0.25, -0.2) is 4.79 Å². The molecule has 0 saturated carbocycles. The van der Waals surface area contributed by atoms with Crippen molar-refractivity contribution in [1.29, 1.82) is 0 Å². The molecule has 4 rings (SSSR count). The van der Waals surface area contributed by atoms with Crippen LogP contribution in [-0.2, 0) is 25.6 Å². The number of carbonyl (C=O) groups is 4. The molecule has 9 nitrogen and oxygen atoms in total. The van der Waals surface area contributed by atoms with E-state index in [4.69, 9.17) is 0 Å². The van der Waals surface area contributed by atoms with Gasteiger partial charge in [0.1, 0.15) is 18.1 Å². The zero-order valence-corrected chi connectivity index (χ0v) is 21.1. The molecule has 3 heterocycles. The lowest BCUT2D eigenvalue weighted by molar-refractivity contribution is -0.155. The molecule has 36 heavy (non-hydrogen) atoms. The summed E-state index contributed by atoms with van der Waals surface area (Å²) in [6, 6.07) is 6.88. The van der Waals surface area contributed by atoms with Gasteiger partial charge in [0, 0.05) is 26.6 Å². The first kappa shape index (κ1) is 26.1. The molecule has 0 unspecified atom stereocenters. The molecule has 3 amide bonds. The van der Waals surface area contributed by atoms with Crippen molar-refractivity contribution in [3.8, 4) is 0 Å². The minimum absolute atomic E-state index is 0.0300. The van der Waals surface area contributed by atoms with Crippen LogP contribution in [0.5, 0.6) is 0 Å². The Bertz CT molecular complexity index is 949. The zero-order chi connectivity index (χ0) is 25.7. The molecule has 3 fully saturated rings. The van der Waals surface area contributed by atoms with Crippen molar-refractivity contribution < 1.29 is 24.3 Å². The third kappa shape index (κ3) is 5.72. The Morgan fingerprint density at radius 3 is 2.33 bits per heavy atom. The maximum atomic E-state index is 13.9. The maximum Gasteiger partial charge on any atom is 0.326 e. The number of piperidine rings is 2. The fraction of sp³-hybridized carbons (Fsp3) is 0.630. The monoisotopic (exact) mass is 498 g/mol. The van der Waals surface area contributed by atoms with Crippen molar-refractivity contribution in [2.45, 2.75) is 82.0 Å². The van der Waals surface area contributed by atoms with Crippen LogP contribution in [0.15, 0.2) is 30.3 Å². The van der Waals surface area contributed by atoms with E-state index in [9.17, 15) is 24.3 Å². The standard InChI is InChI=1S/C27H38N4O5/c1-29(25(33)21-13-6-8-16-30(21)24(32)20-12-5-7-15-28-20)23(18-19-10-3-2-4-11-19)26(34)31-17-9-14-22(31)27(35)36/h2-4,10-11,20-23,28H,5-9,12-18H2,1H3,(H,35,36)/t20-,21+,22+,23-/m1/s1. The van der Waals surface area contributed by atoms with Crippen LogP contribution in [0.2, 0.25) is 0 Å². The summed E-state index contributed by atoms with van der Waals surface area (Å²) in [7, 11) is 1.62. The number of amides is 3. The fourth-order valence-electron chi connectivity index (χ4n) is 5.81. The van der Waals surface area contributed by atoms with Gasteiger partial charge in [0.05, 0.1) is 6.04 Å². The van der Waals surface area contributed by atoms with Gasteiger partial charge in [0.25, 0.3) is 0 Å². The van der Waals surface area contributed by atoms with Gasteiger partial charge in [-0.05, 0) is 57.1 Å². The first-order valence-corrected chi connectivity index (χ1v) is 13.3. The number of rotatable bonds is 7. The Kier molecular flexibility index (Phi) is 8.61. The van der Waals surface area contributed by atoms with Crippen LogP contribution in [-0.4, -0.2) is 94.3 Å². The van der Waals surface area contributed by atoms with Crippen LogP contribution >= 0.6 is 0 Å². The number of likely N-dealkylation sites (tertiary alicyclic amines) is 2. The van der Waals surface area contributed by atoms with E-state index in [0.29, 0.717) is 32.4 Å². The van der Waals surface area contributed by atoms with Gasteiger partial charge in [-0.1, -0.05) is 36.8 Å². The summed E-state index contributed by atoms with van der Waals surface area (Å²) in [6.45, 7) is 1.70. The normalized spacial score (nSPS) is 25.3. The van der Waals surface area contributed by atoms with Gasteiger partial charge in [-0.15, -0.1) is 0 Å². The third-order valence-electron chi connectivity index (χ3n) is 7.87. The van der Waals surface area contributed by atoms with Gasteiger partial charge in [-0.3, -0.25) is 14.4 Å². The lowest BCUT2D eigenvalue weighted by Crippen LogP contribution is -2.60. The molecule has 3 saturated heterocycles. The number of carbonyl (C=O) groups excluding carboxylic acids is 3. The minimum Gasteiger partial charge on any atom is -0.480 e. The van der Waals surface area contributed by atoms with Gasteiger partial charge in [0.15, 0.2) is 0 Å². The molecule has 196 valence electrons. The SMILES string of the molecule is CN(C(=O)[C@@H]1CCCCN1C(=O)[C@H]1CCCCN1)[C@H](Cc1ccccc1)C(=O)N1CCC[C@H]1C(=O)O. The lowest BCUT2D eigenvalue weighted by Gasteiger charge is -2.41. The van der Waals surface area contributed by atoms with Crippen LogP contribution in [0.1, 0.15) is 56.9 Å². The second-order valence-corrected chi connectivity index (χ2v) is 10.2. The van der Waals surface area contributed by atoms with Crippen LogP contribution in [0.4, 0.5) is 0 Å². The summed E-state index contributed by atoms with van der Waals surface area (Å²) in [6.07, 6.45) is 6.39. The summed E-state index contributed by atoms with van der Waals surface area (Å²) >= 11 is 0. The Labute approximate surface area is 212 Å². The molecule has 2 N–H and O–H groups in total. The number of nitrogens with zero attached hydrogens (tertiary/aromatic N) is 3. The summed E-state index contributed by atoms with van der Waals surface area (Å²) in [5, 5.41) is 12.9. The number of carboxylic acids is 1. The van der Waals surface area contributed by atoms with Crippen molar-refractivity contribution in [2.75, 3.05) is 26.7 Å². The van der Waals surface area contributed by atoms with Gasteiger partial charge in [-0.2, -0.15) is 0 Å². The molecule has 3 aliphatic rings. The number of carboxylic acid groups (broad SMARTS) is 1. The molecule has 3 aliphatic heterocycles. The quantitative estimate of drug-likeness (QED) is 0.592. The second-order valence-electron chi connectivity index (χ2n) is 10.2. The number of hydrogen-bond donors (Lipinski definition) is 2. The largest absolute Gasteiger partial charge is 0.480 e. The predicted molar refractivity (Wildman–Crippen MR) is 134 cm³/mol. The highest BCUT2D eigenvalue weighted by atomic mass is 16.4. The summed E-state index contributed by atoms with van der Waals surface area (Å²) in [5.41, 5.74) is 0.893. The van der Waals surface area contributed by atoms with Crippen LogP contribution < -0.4 is 5.32 Å². The smallest absolute Gasteiger partial charge is 0.326 e. The number of likely N-dealkylation sites (N-methyl/N-ethyl adjacent to an activating group) is 1. The van der Waals surface area contributed by atoms with Crippen molar-refractivity contribution >= 4 is 23.7 Å². The van der Waals surface area contributed by atoms with E-state index < -0.39 is 24.1 Å². The molecule has 0 aromatic heterocycles. The van der Waals surface area contributed by atoms with Crippen LogP contribution in [0, 0.1) is 0 Å². The summed E-state index contributed by atoms with van der Waals surface area (Å²) in [5.74, 6) is -1.64. The number of benzene rings is 1. The number of hydrogen-bond acceptors (Lipinski definition) is 5. The number of aliphatic carboxylic acids is 1. The van der Waals surface area contributed by atoms with Gasteiger partial charge < -0.3 is 25.1 Å². The first-order valence-electron chi connectivity index (χ1n) is 13.3. The molecule has 0 spiro atoms. The zero-order valence-electron chi connectivity index (χ0n) is 21.1. The molecule has 0 radical (unpaired) electrons. The van der Waals surface area contributed by atoms with Crippen molar-refractivity contribution in [3.63, 3.8) is 0 Å². The van der Waals surface area contributed by atoms with E-state index in [0.717, 1.165) is 44.2 Å². The second kappa shape index (κ2) is 11.9.